The predicted molar refractivity (Wildman–Crippen MR) is 91.8 cm³/mol. The molecule has 1 aromatic rings. The average Bonchev–Trinajstić information content (AvgIpc) is 3.10. The number of carbonyl (C=O) groups excluding carboxylic acids is 2. The van der Waals surface area contributed by atoms with Crippen molar-refractivity contribution in [2.24, 2.45) is 5.92 Å². The quantitative estimate of drug-likeness (QED) is 0.762. The second-order valence-corrected chi connectivity index (χ2v) is 6.86. The fourth-order valence-corrected chi connectivity index (χ4v) is 3.67. The molecular formula is C18H25FN4O2. The Hall–Kier alpha value is -1.99. The van der Waals surface area contributed by atoms with Crippen molar-refractivity contribution in [3.63, 3.8) is 0 Å². The van der Waals surface area contributed by atoms with Crippen molar-refractivity contribution in [3.05, 3.63) is 35.6 Å². The van der Waals surface area contributed by atoms with Gasteiger partial charge in [-0.2, -0.15) is 0 Å². The highest BCUT2D eigenvalue weighted by Gasteiger charge is 2.33. The number of halogens is 1. The highest BCUT2D eigenvalue weighted by Crippen LogP contribution is 2.30. The molecule has 0 aromatic heterocycles. The summed E-state index contributed by atoms with van der Waals surface area (Å²) in [4.78, 5) is 24.8. The normalized spacial score (nSPS) is 24.3. The number of hydrazine groups is 1. The van der Waals surface area contributed by atoms with E-state index < -0.39 is 0 Å². The van der Waals surface area contributed by atoms with Crippen LogP contribution in [-0.2, 0) is 9.59 Å². The van der Waals surface area contributed by atoms with Crippen LogP contribution in [-0.4, -0.2) is 42.4 Å². The standard InChI is InChI=1S/C18H25FN4O2/c1-12(24)20-11-18(25)23-8-6-14(7-9-23)17-10-16(21-22-17)13-2-4-15(19)5-3-13/h2-5,14,16-17,21-22H,6-11H2,1H3,(H,20,24). The highest BCUT2D eigenvalue weighted by atomic mass is 19.1. The second-order valence-electron chi connectivity index (χ2n) is 6.86. The molecule has 3 N–H and O–H groups in total. The molecule has 25 heavy (non-hydrogen) atoms. The van der Waals surface area contributed by atoms with E-state index >= 15 is 0 Å². The van der Waals surface area contributed by atoms with Crippen LogP contribution in [0.2, 0.25) is 0 Å². The van der Waals surface area contributed by atoms with Crippen LogP contribution in [0.3, 0.4) is 0 Å². The summed E-state index contributed by atoms with van der Waals surface area (Å²) in [6, 6.07) is 7.15. The number of likely N-dealkylation sites (tertiary alicyclic amines) is 1. The van der Waals surface area contributed by atoms with E-state index in [0.717, 1.165) is 37.9 Å². The van der Waals surface area contributed by atoms with Crippen LogP contribution in [0.4, 0.5) is 4.39 Å². The van der Waals surface area contributed by atoms with Gasteiger partial charge in [-0.3, -0.25) is 20.4 Å². The van der Waals surface area contributed by atoms with Gasteiger partial charge in [0.15, 0.2) is 0 Å². The number of nitrogens with zero attached hydrogens (tertiary/aromatic N) is 1. The van der Waals surface area contributed by atoms with E-state index in [0.29, 0.717) is 12.0 Å². The van der Waals surface area contributed by atoms with Crippen LogP contribution in [0.25, 0.3) is 0 Å². The predicted octanol–water partition coefficient (Wildman–Crippen LogP) is 1.11. The van der Waals surface area contributed by atoms with Gasteiger partial charge in [0.05, 0.1) is 6.54 Å². The van der Waals surface area contributed by atoms with Gasteiger partial charge in [0.1, 0.15) is 5.82 Å². The van der Waals surface area contributed by atoms with Gasteiger partial charge in [0.2, 0.25) is 11.8 Å². The van der Waals surface area contributed by atoms with E-state index in [2.05, 4.69) is 16.2 Å². The fraction of sp³-hybridized carbons (Fsp3) is 0.556. The molecule has 0 bridgehead atoms. The molecule has 2 aliphatic rings. The number of carbonyl (C=O) groups is 2. The zero-order valence-corrected chi connectivity index (χ0v) is 14.4. The average molecular weight is 348 g/mol. The third-order valence-electron chi connectivity index (χ3n) is 5.15. The lowest BCUT2D eigenvalue weighted by atomic mass is 9.86. The topological polar surface area (TPSA) is 73.5 Å². The minimum absolute atomic E-state index is 0.0182. The Morgan fingerprint density at radius 2 is 1.88 bits per heavy atom. The summed E-state index contributed by atoms with van der Waals surface area (Å²) in [7, 11) is 0. The molecule has 2 unspecified atom stereocenters. The first-order valence-corrected chi connectivity index (χ1v) is 8.81. The van der Waals surface area contributed by atoms with Gasteiger partial charge in [0.25, 0.3) is 0 Å². The maximum Gasteiger partial charge on any atom is 0.241 e. The fourth-order valence-electron chi connectivity index (χ4n) is 3.67. The van der Waals surface area contributed by atoms with Crippen molar-refractivity contribution in [1.29, 1.82) is 0 Å². The van der Waals surface area contributed by atoms with Crippen LogP contribution in [0, 0.1) is 11.7 Å². The zero-order valence-electron chi connectivity index (χ0n) is 14.4. The molecule has 2 saturated heterocycles. The summed E-state index contributed by atoms with van der Waals surface area (Å²) in [6.07, 6.45) is 2.85. The lowest BCUT2D eigenvalue weighted by molar-refractivity contribution is -0.133. The summed E-state index contributed by atoms with van der Waals surface area (Å²) >= 11 is 0. The number of nitrogens with one attached hydrogen (secondary N) is 3. The van der Waals surface area contributed by atoms with Crippen molar-refractivity contribution in [1.82, 2.24) is 21.1 Å². The number of piperidine rings is 1. The van der Waals surface area contributed by atoms with E-state index in [4.69, 9.17) is 0 Å². The minimum atomic E-state index is -0.220. The molecule has 6 nitrogen and oxygen atoms in total. The lowest BCUT2D eigenvalue weighted by Gasteiger charge is -2.34. The van der Waals surface area contributed by atoms with Crippen LogP contribution in [0.1, 0.15) is 37.8 Å². The third kappa shape index (κ3) is 4.55. The molecule has 2 aliphatic heterocycles. The van der Waals surface area contributed by atoms with Gasteiger partial charge >= 0.3 is 0 Å². The molecule has 7 heteroatoms. The molecule has 2 fully saturated rings. The van der Waals surface area contributed by atoms with Gasteiger partial charge in [0, 0.05) is 32.1 Å². The molecule has 0 spiro atoms. The first-order chi connectivity index (χ1) is 12.0. The van der Waals surface area contributed by atoms with Crippen molar-refractivity contribution in [2.45, 2.75) is 38.3 Å². The monoisotopic (exact) mass is 348 g/mol. The van der Waals surface area contributed by atoms with E-state index in [-0.39, 0.29) is 30.2 Å². The number of benzene rings is 1. The van der Waals surface area contributed by atoms with Gasteiger partial charge in [-0.05, 0) is 42.9 Å². The molecule has 3 rings (SSSR count). The van der Waals surface area contributed by atoms with Gasteiger partial charge < -0.3 is 10.2 Å². The van der Waals surface area contributed by atoms with Crippen molar-refractivity contribution < 1.29 is 14.0 Å². The number of amides is 2. The van der Waals surface area contributed by atoms with Crippen molar-refractivity contribution in [2.75, 3.05) is 19.6 Å². The molecule has 2 amide bonds. The van der Waals surface area contributed by atoms with Crippen LogP contribution in [0.15, 0.2) is 24.3 Å². The summed E-state index contributed by atoms with van der Waals surface area (Å²) < 4.78 is 13.1. The summed E-state index contributed by atoms with van der Waals surface area (Å²) in [5.74, 6) is 0.0805. The SMILES string of the molecule is CC(=O)NCC(=O)N1CCC(C2CC(c3ccc(F)cc3)NN2)CC1. The summed E-state index contributed by atoms with van der Waals surface area (Å²) in [5, 5.41) is 2.56. The van der Waals surface area contributed by atoms with Crippen LogP contribution >= 0.6 is 0 Å². The molecular weight excluding hydrogens is 323 g/mol. The van der Waals surface area contributed by atoms with Crippen LogP contribution in [0.5, 0.6) is 0 Å². The zero-order chi connectivity index (χ0) is 17.8. The molecule has 2 heterocycles. The van der Waals surface area contributed by atoms with Crippen molar-refractivity contribution >= 4 is 11.8 Å². The van der Waals surface area contributed by atoms with Crippen LogP contribution < -0.4 is 16.2 Å². The third-order valence-corrected chi connectivity index (χ3v) is 5.15. The minimum Gasteiger partial charge on any atom is -0.347 e. The first-order valence-electron chi connectivity index (χ1n) is 8.81. The Bertz CT molecular complexity index is 614. The number of hydrogen-bond donors (Lipinski definition) is 3. The molecule has 0 radical (unpaired) electrons. The highest BCUT2D eigenvalue weighted by molar-refractivity contribution is 5.83. The smallest absolute Gasteiger partial charge is 0.241 e. The largest absolute Gasteiger partial charge is 0.347 e. The lowest BCUT2D eigenvalue weighted by Crippen LogP contribution is -2.47. The number of rotatable bonds is 4. The van der Waals surface area contributed by atoms with Crippen molar-refractivity contribution in [3.8, 4) is 0 Å². The Balaban J connectivity index is 1.46. The Morgan fingerprint density at radius 1 is 1.20 bits per heavy atom. The second kappa shape index (κ2) is 7.93. The van der Waals surface area contributed by atoms with E-state index in [9.17, 15) is 14.0 Å². The van der Waals surface area contributed by atoms with Gasteiger partial charge in [-0.15, -0.1) is 0 Å². The summed E-state index contributed by atoms with van der Waals surface area (Å²) in [6.45, 7) is 2.94. The van der Waals surface area contributed by atoms with E-state index in [1.807, 2.05) is 17.0 Å². The molecule has 1 aromatic carbocycles. The molecule has 136 valence electrons. The van der Waals surface area contributed by atoms with Gasteiger partial charge in [-0.1, -0.05) is 12.1 Å². The first kappa shape index (κ1) is 17.8. The Labute approximate surface area is 147 Å². The number of hydrogen-bond acceptors (Lipinski definition) is 4. The summed E-state index contributed by atoms with van der Waals surface area (Å²) in [5.41, 5.74) is 7.76. The Morgan fingerprint density at radius 3 is 2.52 bits per heavy atom. The maximum atomic E-state index is 13.1. The Kier molecular flexibility index (Phi) is 5.65. The maximum absolute atomic E-state index is 13.1. The van der Waals surface area contributed by atoms with E-state index in [1.165, 1.54) is 19.1 Å². The molecule has 2 atom stereocenters. The van der Waals surface area contributed by atoms with E-state index in [1.54, 1.807) is 0 Å². The van der Waals surface area contributed by atoms with Gasteiger partial charge in [-0.25, -0.2) is 4.39 Å². The molecule has 0 aliphatic carbocycles. The molecule has 0 saturated carbocycles.